The number of hydrogen-bond donors (Lipinski definition) is 4. The first-order valence-corrected chi connectivity index (χ1v) is 11.0. The summed E-state index contributed by atoms with van der Waals surface area (Å²) in [7, 11) is 0. The molecule has 0 bridgehead atoms. The molecule has 0 aliphatic heterocycles. The van der Waals surface area contributed by atoms with Crippen LogP contribution in [-0.4, -0.2) is 0 Å². The van der Waals surface area contributed by atoms with E-state index in [9.17, 15) is 0 Å². The van der Waals surface area contributed by atoms with Gasteiger partial charge in [-0.25, -0.2) is 0 Å². The summed E-state index contributed by atoms with van der Waals surface area (Å²) in [4.78, 5) is 0. The lowest BCUT2D eigenvalue weighted by Crippen LogP contribution is -1.90. The molecule has 0 saturated carbocycles. The highest BCUT2D eigenvalue weighted by Gasteiger charge is 2.07. The number of anilines is 4. The zero-order valence-electron chi connectivity index (χ0n) is 18.9. The Morgan fingerprint density at radius 1 is 0.294 bits per heavy atom. The van der Waals surface area contributed by atoms with Gasteiger partial charge in [0.05, 0.1) is 0 Å². The van der Waals surface area contributed by atoms with Crippen LogP contribution in [0.25, 0.3) is 33.4 Å². The predicted octanol–water partition coefficient (Wildman–Crippen LogP) is 6.70. The first-order chi connectivity index (χ1) is 16.5. The summed E-state index contributed by atoms with van der Waals surface area (Å²) in [6.07, 6.45) is 0. The van der Waals surface area contributed by atoms with E-state index in [2.05, 4.69) is 18.2 Å². The molecule has 4 nitrogen and oxygen atoms in total. The van der Waals surface area contributed by atoms with Crippen molar-refractivity contribution in [3.05, 3.63) is 121 Å². The SMILES string of the molecule is Nc1ccc(-c2ccc(N)cc2)cc1.Nc1ccc(-c2ccc(N)cc2-c2ccccc2)cc1. The predicted molar refractivity (Wildman–Crippen MR) is 147 cm³/mol. The average Bonchev–Trinajstić information content (AvgIpc) is 2.87. The molecule has 0 amide bonds. The second-order valence-electron chi connectivity index (χ2n) is 8.04. The Hall–Kier alpha value is -4.70. The summed E-state index contributed by atoms with van der Waals surface area (Å²) in [6.45, 7) is 0. The maximum absolute atomic E-state index is 5.95. The fourth-order valence-corrected chi connectivity index (χ4v) is 3.68. The quantitative estimate of drug-likeness (QED) is 0.232. The summed E-state index contributed by atoms with van der Waals surface area (Å²) in [5, 5.41) is 0. The fourth-order valence-electron chi connectivity index (χ4n) is 3.68. The Labute approximate surface area is 200 Å². The molecule has 0 unspecified atom stereocenters. The second kappa shape index (κ2) is 10.3. The van der Waals surface area contributed by atoms with E-state index in [4.69, 9.17) is 22.9 Å². The summed E-state index contributed by atoms with van der Waals surface area (Å²) in [6, 6.07) is 39.8. The first-order valence-electron chi connectivity index (χ1n) is 11.0. The monoisotopic (exact) mass is 444 g/mol. The molecule has 0 aliphatic carbocycles. The van der Waals surface area contributed by atoms with E-state index in [0.29, 0.717) is 0 Å². The van der Waals surface area contributed by atoms with Crippen LogP contribution in [0.15, 0.2) is 121 Å². The van der Waals surface area contributed by atoms with E-state index in [1.807, 2.05) is 103 Å². The minimum atomic E-state index is 0.767. The standard InChI is InChI=1S/C18H16N2.C12H12N2/c19-15-8-6-14(7-9-15)17-11-10-16(20)12-18(17)13-4-2-1-3-5-13;13-11-5-1-9(2-6-11)10-3-7-12(14)8-4-10/h1-12H,19-20H2;1-8H,13-14H2. The van der Waals surface area contributed by atoms with Gasteiger partial charge in [0.25, 0.3) is 0 Å². The third-order valence-electron chi connectivity index (χ3n) is 5.50. The van der Waals surface area contributed by atoms with Crippen LogP contribution in [0.2, 0.25) is 0 Å². The van der Waals surface area contributed by atoms with Gasteiger partial charge in [-0.2, -0.15) is 0 Å². The highest BCUT2D eigenvalue weighted by atomic mass is 14.5. The largest absolute Gasteiger partial charge is 0.399 e. The van der Waals surface area contributed by atoms with Crippen LogP contribution in [-0.2, 0) is 0 Å². The van der Waals surface area contributed by atoms with Crippen molar-refractivity contribution in [3.8, 4) is 33.4 Å². The summed E-state index contributed by atoms with van der Waals surface area (Å²) < 4.78 is 0. The molecule has 168 valence electrons. The lowest BCUT2D eigenvalue weighted by Gasteiger charge is -2.11. The van der Waals surface area contributed by atoms with Crippen LogP contribution in [0.3, 0.4) is 0 Å². The zero-order chi connectivity index (χ0) is 23.9. The molecule has 5 aromatic carbocycles. The number of nitrogens with two attached hydrogens (primary N) is 4. The third kappa shape index (κ3) is 5.56. The van der Waals surface area contributed by atoms with E-state index in [-0.39, 0.29) is 0 Å². The van der Waals surface area contributed by atoms with Gasteiger partial charge >= 0.3 is 0 Å². The topological polar surface area (TPSA) is 104 Å². The maximum Gasteiger partial charge on any atom is 0.0320 e. The maximum atomic E-state index is 5.95. The Morgan fingerprint density at radius 3 is 1.15 bits per heavy atom. The highest BCUT2D eigenvalue weighted by molar-refractivity contribution is 5.85. The van der Waals surface area contributed by atoms with E-state index in [1.54, 1.807) is 0 Å². The molecule has 0 spiro atoms. The van der Waals surface area contributed by atoms with Crippen molar-refractivity contribution in [1.29, 1.82) is 0 Å². The average molecular weight is 445 g/mol. The van der Waals surface area contributed by atoms with Crippen molar-refractivity contribution >= 4 is 22.7 Å². The molecule has 0 saturated heterocycles. The summed E-state index contributed by atoms with van der Waals surface area (Å²) >= 11 is 0. The van der Waals surface area contributed by atoms with Gasteiger partial charge < -0.3 is 22.9 Å². The molecule has 0 heterocycles. The van der Waals surface area contributed by atoms with Crippen LogP contribution in [0.4, 0.5) is 22.7 Å². The van der Waals surface area contributed by atoms with E-state index < -0.39 is 0 Å². The molecular weight excluding hydrogens is 416 g/mol. The molecule has 8 N–H and O–H groups in total. The Kier molecular flexibility index (Phi) is 6.80. The molecule has 0 fully saturated rings. The number of benzene rings is 5. The lowest BCUT2D eigenvalue weighted by molar-refractivity contribution is 1.57. The molecule has 0 atom stereocenters. The Morgan fingerprint density at radius 2 is 0.676 bits per heavy atom. The van der Waals surface area contributed by atoms with Gasteiger partial charge in [0.2, 0.25) is 0 Å². The number of nitrogen functional groups attached to an aromatic ring is 4. The number of hydrogen-bond acceptors (Lipinski definition) is 4. The molecule has 5 rings (SSSR count). The van der Waals surface area contributed by atoms with Gasteiger partial charge in [0.15, 0.2) is 0 Å². The van der Waals surface area contributed by atoms with Crippen LogP contribution in [0.5, 0.6) is 0 Å². The van der Waals surface area contributed by atoms with Crippen LogP contribution >= 0.6 is 0 Å². The van der Waals surface area contributed by atoms with E-state index >= 15 is 0 Å². The Bertz CT molecular complexity index is 1300. The number of rotatable bonds is 3. The normalized spacial score (nSPS) is 10.2. The van der Waals surface area contributed by atoms with Gasteiger partial charge in [-0.15, -0.1) is 0 Å². The summed E-state index contributed by atoms with van der Waals surface area (Å²) in [5.41, 5.74) is 32.9. The molecule has 5 aromatic rings. The van der Waals surface area contributed by atoms with Gasteiger partial charge in [-0.05, 0) is 81.9 Å². The minimum Gasteiger partial charge on any atom is -0.399 e. The van der Waals surface area contributed by atoms with Gasteiger partial charge in [0, 0.05) is 22.7 Å². The van der Waals surface area contributed by atoms with Crippen LogP contribution in [0, 0.1) is 0 Å². The third-order valence-corrected chi connectivity index (χ3v) is 5.50. The van der Waals surface area contributed by atoms with Crippen molar-refractivity contribution in [2.24, 2.45) is 0 Å². The molecular formula is C30H28N4. The molecule has 0 aliphatic rings. The van der Waals surface area contributed by atoms with Crippen molar-refractivity contribution < 1.29 is 0 Å². The molecule has 34 heavy (non-hydrogen) atoms. The smallest absolute Gasteiger partial charge is 0.0320 e. The second-order valence-corrected chi connectivity index (χ2v) is 8.04. The molecule has 0 aromatic heterocycles. The van der Waals surface area contributed by atoms with Gasteiger partial charge in [-0.1, -0.05) is 72.8 Å². The minimum absolute atomic E-state index is 0.767. The Balaban J connectivity index is 0.000000172. The van der Waals surface area contributed by atoms with Crippen molar-refractivity contribution in [2.75, 3.05) is 22.9 Å². The fraction of sp³-hybridized carbons (Fsp3) is 0. The summed E-state index contributed by atoms with van der Waals surface area (Å²) in [5.74, 6) is 0. The van der Waals surface area contributed by atoms with E-state index in [1.165, 1.54) is 0 Å². The molecule has 0 radical (unpaired) electrons. The van der Waals surface area contributed by atoms with Gasteiger partial charge in [-0.3, -0.25) is 0 Å². The first kappa shape index (κ1) is 22.5. The zero-order valence-corrected chi connectivity index (χ0v) is 18.9. The lowest BCUT2D eigenvalue weighted by atomic mass is 9.94. The van der Waals surface area contributed by atoms with Crippen LogP contribution < -0.4 is 22.9 Å². The van der Waals surface area contributed by atoms with Crippen LogP contribution in [0.1, 0.15) is 0 Å². The van der Waals surface area contributed by atoms with Crippen molar-refractivity contribution in [3.63, 3.8) is 0 Å². The van der Waals surface area contributed by atoms with E-state index in [0.717, 1.165) is 56.1 Å². The van der Waals surface area contributed by atoms with Gasteiger partial charge in [0.1, 0.15) is 0 Å². The molecule has 4 heteroatoms. The highest BCUT2D eigenvalue weighted by Crippen LogP contribution is 2.33. The van der Waals surface area contributed by atoms with Crippen molar-refractivity contribution in [1.82, 2.24) is 0 Å². The van der Waals surface area contributed by atoms with Crippen molar-refractivity contribution in [2.45, 2.75) is 0 Å².